The summed E-state index contributed by atoms with van der Waals surface area (Å²) in [4.78, 5) is 31.0. The Kier molecular flexibility index (Phi) is 8.27. The Bertz CT molecular complexity index is 872. The van der Waals surface area contributed by atoms with E-state index in [1.807, 2.05) is 29.2 Å². The van der Waals surface area contributed by atoms with Crippen molar-refractivity contribution in [1.82, 2.24) is 15.2 Å². The van der Waals surface area contributed by atoms with Gasteiger partial charge in [-0.05, 0) is 48.9 Å². The third-order valence-electron chi connectivity index (χ3n) is 5.70. The van der Waals surface area contributed by atoms with E-state index in [0.717, 1.165) is 43.5 Å². The molecular weight excluding hydrogens is 394 g/mol. The van der Waals surface area contributed by atoms with E-state index in [2.05, 4.69) is 10.3 Å². The molecule has 1 aliphatic rings. The fourth-order valence-corrected chi connectivity index (χ4v) is 3.93. The Morgan fingerprint density at radius 2 is 2.10 bits per heavy atom. The van der Waals surface area contributed by atoms with E-state index in [0.29, 0.717) is 36.8 Å². The molecule has 1 atom stereocenters. The number of hydrogen-bond acceptors (Lipinski definition) is 5. The van der Waals surface area contributed by atoms with Gasteiger partial charge in [0.1, 0.15) is 11.5 Å². The maximum atomic E-state index is 12.6. The molecule has 31 heavy (non-hydrogen) atoms. The quantitative estimate of drug-likeness (QED) is 0.668. The van der Waals surface area contributed by atoms with Crippen molar-refractivity contribution in [2.24, 2.45) is 5.92 Å². The lowest BCUT2D eigenvalue weighted by Gasteiger charge is -2.33. The van der Waals surface area contributed by atoms with Crippen LogP contribution < -0.4 is 14.8 Å². The van der Waals surface area contributed by atoms with Gasteiger partial charge in [-0.1, -0.05) is 6.07 Å². The third-order valence-corrected chi connectivity index (χ3v) is 5.70. The van der Waals surface area contributed by atoms with Crippen LogP contribution in [-0.2, 0) is 22.6 Å². The summed E-state index contributed by atoms with van der Waals surface area (Å²) in [6, 6.07) is 9.32. The van der Waals surface area contributed by atoms with Gasteiger partial charge in [-0.3, -0.25) is 14.6 Å². The summed E-state index contributed by atoms with van der Waals surface area (Å²) in [5.41, 5.74) is 1.84. The summed E-state index contributed by atoms with van der Waals surface area (Å²) in [6.45, 7) is 1.92. The van der Waals surface area contributed by atoms with Crippen LogP contribution in [0.1, 0.15) is 36.8 Å². The number of benzene rings is 1. The molecule has 2 aromatic rings. The molecule has 1 fully saturated rings. The first-order chi connectivity index (χ1) is 15.1. The maximum absolute atomic E-state index is 12.6. The molecule has 2 heterocycles. The van der Waals surface area contributed by atoms with Crippen LogP contribution >= 0.6 is 0 Å². The zero-order chi connectivity index (χ0) is 22.1. The van der Waals surface area contributed by atoms with E-state index in [4.69, 9.17) is 9.47 Å². The number of ether oxygens (including phenoxy) is 2. The highest BCUT2D eigenvalue weighted by atomic mass is 16.5. The Morgan fingerprint density at radius 3 is 2.84 bits per heavy atom. The number of nitrogens with one attached hydrogen (secondary N) is 1. The molecule has 0 aliphatic carbocycles. The van der Waals surface area contributed by atoms with Gasteiger partial charge < -0.3 is 19.7 Å². The van der Waals surface area contributed by atoms with Crippen LogP contribution in [0.5, 0.6) is 11.5 Å². The first-order valence-corrected chi connectivity index (χ1v) is 10.7. The number of rotatable bonds is 9. The topological polar surface area (TPSA) is 80.8 Å². The van der Waals surface area contributed by atoms with E-state index < -0.39 is 0 Å². The van der Waals surface area contributed by atoms with Gasteiger partial charge in [0, 0.05) is 50.1 Å². The monoisotopic (exact) mass is 425 g/mol. The number of carbonyl (C=O) groups excluding carboxylic acids is 2. The first-order valence-electron chi connectivity index (χ1n) is 10.7. The lowest BCUT2D eigenvalue weighted by atomic mass is 9.93. The van der Waals surface area contributed by atoms with Crippen LogP contribution in [0.15, 0.2) is 42.7 Å². The summed E-state index contributed by atoms with van der Waals surface area (Å²) < 4.78 is 10.6. The maximum Gasteiger partial charge on any atom is 0.227 e. The van der Waals surface area contributed by atoms with E-state index in [9.17, 15) is 9.59 Å². The molecule has 1 aromatic carbocycles. The van der Waals surface area contributed by atoms with Crippen LogP contribution in [0.2, 0.25) is 0 Å². The summed E-state index contributed by atoms with van der Waals surface area (Å²) in [7, 11) is 3.21. The largest absolute Gasteiger partial charge is 0.497 e. The second kappa shape index (κ2) is 11.3. The van der Waals surface area contributed by atoms with Crippen molar-refractivity contribution in [2.45, 2.75) is 38.6 Å². The third kappa shape index (κ3) is 6.70. The molecule has 166 valence electrons. The zero-order valence-corrected chi connectivity index (χ0v) is 18.3. The number of pyridine rings is 1. The average Bonchev–Trinajstić information content (AvgIpc) is 2.82. The molecule has 0 saturated carbocycles. The molecule has 7 heteroatoms. The van der Waals surface area contributed by atoms with Crippen molar-refractivity contribution in [3.05, 3.63) is 53.9 Å². The highest BCUT2D eigenvalue weighted by Gasteiger charge is 2.24. The van der Waals surface area contributed by atoms with Crippen molar-refractivity contribution < 1.29 is 19.1 Å². The molecule has 0 spiro atoms. The highest BCUT2D eigenvalue weighted by Crippen LogP contribution is 2.25. The van der Waals surface area contributed by atoms with Crippen LogP contribution in [0.4, 0.5) is 0 Å². The minimum absolute atomic E-state index is 0.0108. The Balaban J connectivity index is 1.43. The molecule has 1 unspecified atom stereocenters. The lowest BCUT2D eigenvalue weighted by molar-refractivity contribution is -0.132. The lowest BCUT2D eigenvalue weighted by Crippen LogP contribution is -2.41. The minimum Gasteiger partial charge on any atom is -0.497 e. The normalized spacial score (nSPS) is 15.9. The van der Waals surface area contributed by atoms with Crippen LogP contribution in [-0.4, -0.2) is 49.0 Å². The predicted octanol–water partition coefficient (Wildman–Crippen LogP) is 2.98. The summed E-state index contributed by atoms with van der Waals surface area (Å²) in [5, 5.41) is 2.97. The number of piperidine rings is 1. The zero-order valence-electron chi connectivity index (χ0n) is 18.3. The summed E-state index contributed by atoms with van der Waals surface area (Å²) in [6.07, 6.45) is 7.09. The number of amides is 2. The molecule has 1 N–H and O–H groups in total. The number of nitrogens with zero attached hydrogens (tertiary/aromatic N) is 2. The molecule has 1 aromatic heterocycles. The van der Waals surface area contributed by atoms with E-state index in [-0.39, 0.29) is 11.8 Å². The fourth-order valence-electron chi connectivity index (χ4n) is 3.93. The minimum atomic E-state index is 0.0108. The average molecular weight is 426 g/mol. The Hall–Kier alpha value is -3.09. The van der Waals surface area contributed by atoms with Gasteiger partial charge in [-0.15, -0.1) is 0 Å². The smallest absolute Gasteiger partial charge is 0.227 e. The SMILES string of the molecule is COc1ccc(CNC(=O)CCC2CCCN(C(=O)Cc3cccnc3)C2)c(OC)c1. The van der Waals surface area contributed by atoms with E-state index >= 15 is 0 Å². The van der Waals surface area contributed by atoms with Crippen molar-refractivity contribution >= 4 is 11.8 Å². The second-order valence-electron chi connectivity index (χ2n) is 7.88. The number of aromatic nitrogens is 1. The van der Waals surface area contributed by atoms with E-state index in [1.165, 1.54) is 0 Å². The van der Waals surface area contributed by atoms with Crippen LogP contribution in [0.3, 0.4) is 0 Å². The number of methoxy groups -OCH3 is 2. The van der Waals surface area contributed by atoms with Crippen molar-refractivity contribution in [3.8, 4) is 11.5 Å². The fraction of sp³-hybridized carbons (Fsp3) is 0.458. The summed E-state index contributed by atoms with van der Waals surface area (Å²) in [5.74, 6) is 1.90. The van der Waals surface area contributed by atoms with Gasteiger partial charge in [0.15, 0.2) is 0 Å². The van der Waals surface area contributed by atoms with Gasteiger partial charge in [0.05, 0.1) is 20.6 Å². The number of carbonyl (C=O) groups is 2. The van der Waals surface area contributed by atoms with Gasteiger partial charge >= 0.3 is 0 Å². The molecule has 0 bridgehead atoms. The standard InChI is InChI=1S/C24H31N3O4/c1-30-21-9-8-20(22(14-21)31-2)16-26-23(28)10-7-18-6-4-12-27(17-18)24(29)13-19-5-3-11-25-15-19/h3,5,8-9,11,14-15,18H,4,6-7,10,12-13,16-17H2,1-2H3,(H,26,28). The molecule has 3 rings (SSSR count). The molecular formula is C24H31N3O4. The predicted molar refractivity (Wildman–Crippen MR) is 118 cm³/mol. The Labute approximate surface area is 183 Å². The van der Waals surface area contributed by atoms with Gasteiger partial charge in [0.2, 0.25) is 11.8 Å². The molecule has 1 aliphatic heterocycles. The molecule has 7 nitrogen and oxygen atoms in total. The van der Waals surface area contributed by atoms with Gasteiger partial charge in [-0.2, -0.15) is 0 Å². The molecule has 2 amide bonds. The van der Waals surface area contributed by atoms with Gasteiger partial charge in [-0.25, -0.2) is 0 Å². The van der Waals surface area contributed by atoms with Crippen molar-refractivity contribution in [3.63, 3.8) is 0 Å². The summed E-state index contributed by atoms with van der Waals surface area (Å²) >= 11 is 0. The van der Waals surface area contributed by atoms with Gasteiger partial charge in [0.25, 0.3) is 0 Å². The highest BCUT2D eigenvalue weighted by molar-refractivity contribution is 5.79. The van der Waals surface area contributed by atoms with Crippen LogP contribution in [0.25, 0.3) is 0 Å². The second-order valence-corrected chi connectivity index (χ2v) is 7.88. The Morgan fingerprint density at radius 1 is 1.23 bits per heavy atom. The first kappa shape index (κ1) is 22.6. The van der Waals surface area contributed by atoms with Crippen molar-refractivity contribution in [1.29, 1.82) is 0 Å². The number of hydrogen-bond donors (Lipinski definition) is 1. The van der Waals surface area contributed by atoms with Crippen LogP contribution in [0, 0.1) is 5.92 Å². The number of likely N-dealkylation sites (tertiary alicyclic amines) is 1. The molecule has 1 saturated heterocycles. The van der Waals surface area contributed by atoms with E-state index in [1.54, 1.807) is 32.7 Å². The van der Waals surface area contributed by atoms with Crippen molar-refractivity contribution in [2.75, 3.05) is 27.3 Å². The molecule has 0 radical (unpaired) electrons.